The van der Waals surface area contributed by atoms with Crippen LogP contribution in [-0.2, 0) is 14.2 Å². The summed E-state index contributed by atoms with van der Waals surface area (Å²) in [5.41, 5.74) is 7.21. The van der Waals surface area contributed by atoms with Crippen molar-refractivity contribution in [2.45, 2.75) is 9.79 Å². The molecule has 0 aliphatic heterocycles. The molecular formula is C18H17NO6S. The Kier molecular flexibility index (Phi) is 6.24. The van der Waals surface area contributed by atoms with E-state index in [1.54, 1.807) is 12.1 Å². The van der Waals surface area contributed by atoms with E-state index in [4.69, 9.17) is 15.2 Å². The average Bonchev–Trinajstić information content (AvgIpc) is 2.67. The fraction of sp³-hybridized carbons (Fsp3) is 0.167. The van der Waals surface area contributed by atoms with Crippen molar-refractivity contribution in [2.75, 3.05) is 27.1 Å². The molecule has 0 heterocycles. The lowest BCUT2D eigenvalue weighted by Crippen LogP contribution is -2.07. The maximum absolute atomic E-state index is 12.0. The second-order valence-electron chi connectivity index (χ2n) is 5.04. The smallest absolute Gasteiger partial charge is 0.339 e. The third-order valence-corrected chi connectivity index (χ3v) is 4.61. The highest BCUT2D eigenvalue weighted by molar-refractivity contribution is 7.99. The fourth-order valence-corrected chi connectivity index (χ4v) is 3.13. The highest BCUT2D eigenvalue weighted by Crippen LogP contribution is 2.35. The van der Waals surface area contributed by atoms with Gasteiger partial charge in [0.1, 0.15) is 0 Å². The van der Waals surface area contributed by atoms with Gasteiger partial charge in [0.25, 0.3) is 0 Å². The van der Waals surface area contributed by atoms with Crippen molar-refractivity contribution >= 4 is 35.4 Å². The highest BCUT2D eigenvalue weighted by Gasteiger charge is 2.18. The largest absolute Gasteiger partial charge is 0.465 e. The van der Waals surface area contributed by atoms with E-state index < -0.39 is 17.9 Å². The summed E-state index contributed by atoms with van der Waals surface area (Å²) in [4.78, 5) is 36.4. The van der Waals surface area contributed by atoms with E-state index >= 15 is 0 Å². The first-order chi connectivity index (χ1) is 12.4. The van der Waals surface area contributed by atoms with Gasteiger partial charge in [-0.15, -0.1) is 0 Å². The molecular weight excluding hydrogens is 358 g/mol. The van der Waals surface area contributed by atoms with Crippen LogP contribution in [0.25, 0.3) is 0 Å². The number of rotatable bonds is 5. The third-order valence-electron chi connectivity index (χ3n) is 3.46. The average molecular weight is 375 g/mol. The van der Waals surface area contributed by atoms with Crippen LogP contribution in [0.5, 0.6) is 0 Å². The minimum atomic E-state index is -0.548. The van der Waals surface area contributed by atoms with Crippen LogP contribution in [0.4, 0.5) is 5.69 Å². The van der Waals surface area contributed by atoms with Crippen LogP contribution >= 0.6 is 11.8 Å². The van der Waals surface area contributed by atoms with Crippen molar-refractivity contribution in [1.29, 1.82) is 0 Å². The van der Waals surface area contributed by atoms with E-state index in [0.29, 0.717) is 21.0 Å². The zero-order valence-electron chi connectivity index (χ0n) is 14.4. The summed E-state index contributed by atoms with van der Waals surface area (Å²) in [7, 11) is 3.82. The molecule has 2 aromatic rings. The number of hydrogen-bond acceptors (Lipinski definition) is 8. The first-order valence-corrected chi connectivity index (χ1v) is 8.19. The van der Waals surface area contributed by atoms with Crippen molar-refractivity contribution in [2.24, 2.45) is 0 Å². The lowest BCUT2D eigenvalue weighted by atomic mass is 10.1. The molecule has 2 N–H and O–H groups in total. The maximum atomic E-state index is 12.0. The van der Waals surface area contributed by atoms with Gasteiger partial charge in [-0.05, 0) is 36.4 Å². The van der Waals surface area contributed by atoms with E-state index in [9.17, 15) is 14.4 Å². The summed E-state index contributed by atoms with van der Waals surface area (Å²) in [6.45, 7) is 0. The number of methoxy groups -OCH3 is 3. The van der Waals surface area contributed by atoms with Crippen LogP contribution < -0.4 is 5.73 Å². The summed E-state index contributed by atoms with van der Waals surface area (Å²) >= 11 is 1.17. The van der Waals surface area contributed by atoms with Crippen LogP contribution in [0.1, 0.15) is 31.1 Å². The number of nitrogens with two attached hydrogens (primary N) is 1. The molecule has 0 radical (unpaired) electrons. The Morgan fingerprint density at radius 2 is 1.31 bits per heavy atom. The van der Waals surface area contributed by atoms with Gasteiger partial charge in [0, 0.05) is 15.5 Å². The normalized spacial score (nSPS) is 10.1. The van der Waals surface area contributed by atoms with Gasteiger partial charge in [0.15, 0.2) is 0 Å². The summed E-state index contributed by atoms with van der Waals surface area (Å²) in [6.07, 6.45) is 0. The molecule has 0 spiro atoms. The van der Waals surface area contributed by atoms with Crippen LogP contribution in [0.2, 0.25) is 0 Å². The minimum absolute atomic E-state index is 0.279. The molecule has 0 bridgehead atoms. The minimum Gasteiger partial charge on any atom is -0.465 e. The van der Waals surface area contributed by atoms with E-state index in [0.717, 1.165) is 0 Å². The van der Waals surface area contributed by atoms with Gasteiger partial charge in [-0.1, -0.05) is 11.8 Å². The molecule has 26 heavy (non-hydrogen) atoms. The second kappa shape index (κ2) is 8.39. The zero-order chi connectivity index (χ0) is 19.3. The number of anilines is 1. The molecule has 0 amide bonds. The summed E-state index contributed by atoms with van der Waals surface area (Å²) in [5, 5.41) is 0. The third kappa shape index (κ3) is 4.15. The van der Waals surface area contributed by atoms with Gasteiger partial charge in [0.05, 0.1) is 38.0 Å². The predicted molar refractivity (Wildman–Crippen MR) is 95.4 cm³/mol. The molecule has 0 aliphatic rings. The molecule has 0 fully saturated rings. The molecule has 0 atom stereocenters. The van der Waals surface area contributed by atoms with Crippen molar-refractivity contribution in [1.82, 2.24) is 0 Å². The van der Waals surface area contributed by atoms with Crippen LogP contribution in [0.15, 0.2) is 46.2 Å². The van der Waals surface area contributed by atoms with Crippen LogP contribution in [0, 0.1) is 0 Å². The maximum Gasteiger partial charge on any atom is 0.339 e. The molecule has 0 saturated heterocycles. The fourth-order valence-electron chi connectivity index (χ4n) is 2.13. The van der Waals surface area contributed by atoms with Crippen molar-refractivity contribution in [3.8, 4) is 0 Å². The molecule has 7 nitrogen and oxygen atoms in total. The summed E-state index contributed by atoms with van der Waals surface area (Å²) < 4.78 is 14.1. The summed E-state index contributed by atoms with van der Waals surface area (Å²) in [5.74, 6) is -1.58. The van der Waals surface area contributed by atoms with Crippen molar-refractivity contribution in [3.05, 3.63) is 53.1 Å². The Bertz CT molecular complexity index is 865. The quantitative estimate of drug-likeness (QED) is 0.483. The first-order valence-electron chi connectivity index (χ1n) is 7.37. The molecule has 0 unspecified atom stereocenters. The number of carbonyl (C=O) groups is 3. The van der Waals surface area contributed by atoms with Gasteiger partial charge in [0.2, 0.25) is 0 Å². The molecule has 0 saturated carbocycles. The molecule has 0 aromatic heterocycles. The molecule has 0 aliphatic carbocycles. The van der Waals surface area contributed by atoms with Crippen LogP contribution in [0.3, 0.4) is 0 Å². The lowest BCUT2D eigenvalue weighted by Gasteiger charge is -2.11. The number of benzene rings is 2. The monoisotopic (exact) mass is 375 g/mol. The van der Waals surface area contributed by atoms with E-state index in [2.05, 4.69) is 4.74 Å². The van der Waals surface area contributed by atoms with Gasteiger partial charge in [-0.25, -0.2) is 14.4 Å². The molecule has 136 valence electrons. The van der Waals surface area contributed by atoms with Crippen LogP contribution in [-0.4, -0.2) is 39.2 Å². The number of esters is 3. The standard InChI is InChI=1S/C18H17NO6S/c1-23-16(20)10-5-7-14(13(19)8-10)26-15-9-11(17(21)24-2)4-6-12(15)18(22)25-3/h4-9H,19H2,1-3H3. The first kappa shape index (κ1) is 19.3. The van der Waals surface area contributed by atoms with Crippen molar-refractivity contribution < 1.29 is 28.6 Å². The van der Waals surface area contributed by atoms with E-state index in [1.807, 2.05) is 0 Å². The highest BCUT2D eigenvalue weighted by atomic mass is 32.2. The lowest BCUT2D eigenvalue weighted by molar-refractivity contribution is 0.0583. The van der Waals surface area contributed by atoms with Gasteiger partial charge < -0.3 is 19.9 Å². The Hall–Kier alpha value is -3.00. The number of carbonyl (C=O) groups excluding carboxylic acids is 3. The van der Waals surface area contributed by atoms with E-state index in [1.165, 1.54) is 57.4 Å². The number of nitrogen functional groups attached to an aromatic ring is 1. The number of ether oxygens (including phenoxy) is 3. The van der Waals surface area contributed by atoms with Crippen molar-refractivity contribution in [3.63, 3.8) is 0 Å². The Labute approximate surface area is 154 Å². The topological polar surface area (TPSA) is 105 Å². The second-order valence-corrected chi connectivity index (χ2v) is 6.12. The Balaban J connectivity index is 2.45. The number of hydrogen-bond donors (Lipinski definition) is 1. The van der Waals surface area contributed by atoms with Gasteiger partial charge in [-0.2, -0.15) is 0 Å². The SMILES string of the molecule is COC(=O)c1ccc(Sc2cc(C(=O)OC)ccc2C(=O)OC)c(N)c1. The van der Waals surface area contributed by atoms with Gasteiger partial charge >= 0.3 is 17.9 Å². The zero-order valence-corrected chi connectivity index (χ0v) is 15.2. The Morgan fingerprint density at radius 3 is 1.85 bits per heavy atom. The molecule has 2 aromatic carbocycles. The molecule has 8 heteroatoms. The summed E-state index contributed by atoms with van der Waals surface area (Å²) in [6, 6.07) is 9.17. The predicted octanol–water partition coefficient (Wildman–Crippen LogP) is 2.78. The molecule has 2 rings (SSSR count). The van der Waals surface area contributed by atoms with E-state index in [-0.39, 0.29) is 11.1 Å². The van der Waals surface area contributed by atoms with Gasteiger partial charge in [-0.3, -0.25) is 0 Å². The Morgan fingerprint density at radius 1 is 0.769 bits per heavy atom.